The predicted octanol–water partition coefficient (Wildman–Crippen LogP) is 5.28. The van der Waals surface area contributed by atoms with Crippen molar-refractivity contribution in [3.63, 3.8) is 0 Å². The lowest BCUT2D eigenvalue weighted by molar-refractivity contribution is 0.0177. The summed E-state index contributed by atoms with van der Waals surface area (Å²) < 4.78 is 11.8. The number of methoxy groups -OCH3 is 2. The van der Waals surface area contributed by atoms with E-state index < -0.39 is 0 Å². The Morgan fingerprint density at radius 1 is 1.15 bits per heavy atom. The van der Waals surface area contributed by atoms with Crippen LogP contribution in [-0.2, 0) is 6.54 Å². The number of halogens is 1. The number of thiazole rings is 1. The van der Waals surface area contributed by atoms with Gasteiger partial charge in [-0.3, -0.25) is 9.69 Å². The lowest BCUT2D eigenvalue weighted by Gasteiger charge is -2.48. The lowest BCUT2D eigenvalue weighted by Crippen LogP contribution is -2.56. The number of carbonyl (C=O) groups excluding carboxylic acids is 1. The molecule has 0 aliphatic carbocycles. The molecule has 2 fully saturated rings. The number of rotatable bonds is 6. The maximum absolute atomic E-state index is 13.0. The third kappa shape index (κ3) is 4.67. The average molecular weight is 486 g/mol. The van der Waals surface area contributed by atoms with Gasteiger partial charge in [0.25, 0.3) is 5.91 Å². The van der Waals surface area contributed by atoms with E-state index in [1.165, 1.54) is 6.42 Å². The molecule has 2 aliphatic rings. The minimum Gasteiger partial charge on any atom is -0.497 e. The Bertz CT molecular complexity index is 1130. The van der Waals surface area contributed by atoms with Gasteiger partial charge in [0.2, 0.25) is 0 Å². The predicted molar refractivity (Wildman–Crippen MR) is 132 cm³/mol. The number of piperidine rings is 2. The molecular weight excluding hydrogens is 458 g/mol. The van der Waals surface area contributed by atoms with Gasteiger partial charge < -0.3 is 14.8 Å². The van der Waals surface area contributed by atoms with E-state index in [9.17, 15) is 4.79 Å². The Labute approximate surface area is 202 Å². The third-order valence-electron chi connectivity index (χ3n) is 6.81. The van der Waals surface area contributed by atoms with Crippen molar-refractivity contribution < 1.29 is 14.3 Å². The molecule has 3 heterocycles. The van der Waals surface area contributed by atoms with Crippen LogP contribution in [0, 0.1) is 0 Å². The first-order valence-electron chi connectivity index (χ1n) is 11.4. The molecule has 5 rings (SSSR count). The van der Waals surface area contributed by atoms with E-state index in [0.29, 0.717) is 34.2 Å². The summed E-state index contributed by atoms with van der Waals surface area (Å²) in [4.78, 5) is 20.4. The second-order valence-corrected chi connectivity index (χ2v) is 10.4. The number of ether oxygens (including phenoxy) is 2. The smallest absolute Gasteiger partial charge is 0.251 e. The maximum Gasteiger partial charge on any atom is 0.251 e. The average Bonchev–Trinajstić information content (AvgIpc) is 3.23. The second kappa shape index (κ2) is 9.49. The number of nitrogens with one attached hydrogen (secondary N) is 1. The molecular formula is C25H28ClN3O3S. The fourth-order valence-electron chi connectivity index (χ4n) is 5.25. The van der Waals surface area contributed by atoms with Crippen molar-refractivity contribution in [2.75, 3.05) is 14.2 Å². The Hall–Kier alpha value is -2.35. The van der Waals surface area contributed by atoms with Crippen molar-refractivity contribution in [2.24, 2.45) is 0 Å². The van der Waals surface area contributed by atoms with Crippen LogP contribution in [0.25, 0.3) is 10.2 Å². The van der Waals surface area contributed by atoms with Crippen molar-refractivity contribution in [3.05, 3.63) is 52.0 Å². The van der Waals surface area contributed by atoms with E-state index in [0.717, 1.165) is 47.5 Å². The van der Waals surface area contributed by atoms with Gasteiger partial charge in [0.15, 0.2) is 0 Å². The Balaban J connectivity index is 1.28. The number of benzene rings is 2. The van der Waals surface area contributed by atoms with E-state index in [1.54, 1.807) is 43.8 Å². The molecule has 6 nitrogen and oxygen atoms in total. The zero-order chi connectivity index (χ0) is 22.9. The van der Waals surface area contributed by atoms with Crippen LogP contribution in [0.2, 0.25) is 5.02 Å². The van der Waals surface area contributed by atoms with E-state index >= 15 is 0 Å². The van der Waals surface area contributed by atoms with Crippen molar-refractivity contribution in [1.29, 1.82) is 0 Å². The number of aromatic nitrogens is 1. The van der Waals surface area contributed by atoms with Crippen LogP contribution in [-0.4, -0.2) is 48.1 Å². The Morgan fingerprint density at radius 2 is 1.85 bits per heavy atom. The van der Waals surface area contributed by atoms with Gasteiger partial charge in [-0.15, -0.1) is 11.3 Å². The van der Waals surface area contributed by atoms with Crippen LogP contribution in [0.5, 0.6) is 11.5 Å². The standard InChI is InChI=1S/C25H28ClN3O3S/c1-31-19-9-15(10-20(13-19)32-2)25(30)27-16-11-17-5-3-6-18(12-16)29(17)14-23-28-24-21(26)7-4-8-22(24)33-23/h4,7-10,13,16-18H,3,5-6,11-12,14H2,1-2H3,(H,27,30). The normalized spacial score (nSPS) is 22.8. The Morgan fingerprint density at radius 3 is 2.48 bits per heavy atom. The molecule has 2 atom stereocenters. The molecule has 3 aromatic rings. The molecule has 1 aromatic heterocycles. The fourth-order valence-corrected chi connectivity index (χ4v) is 6.52. The number of carbonyl (C=O) groups is 1. The summed E-state index contributed by atoms with van der Waals surface area (Å²) in [5.41, 5.74) is 1.46. The number of hydrogen-bond donors (Lipinski definition) is 1. The number of fused-ring (bicyclic) bond motifs is 3. The van der Waals surface area contributed by atoms with Crippen LogP contribution in [0.4, 0.5) is 0 Å². The van der Waals surface area contributed by atoms with Gasteiger partial charge in [0, 0.05) is 29.8 Å². The number of nitrogens with zero attached hydrogens (tertiary/aromatic N) is 2. The van der Waals surface area contributed by atoms with E-state index in [4.69, 9.17) is 26.1 Å². The van der Waals surface area contributed by atoms with Gasteiger partial charge >= 0.3 is 0 Å². The summed E-state index contributed by atoms with van der Waals surface area (Å²) in [5.74, 6) is 1.15. The first kappa shape index (κ1) is 22.4. The van der Waals surface area contributed by atoms with E-state index in [1.807, 2.05) is 12.1 Å². The minimum absolute atomic E-state index is 0.0791. The quantitative estimate of drug-likeness (QED) is 0.514. The molecule has 174 valence electrons. The summed E-state index contributed by atoms with van der Waals surface area (Å²) in [6.45, 7) is 0.846. The minimum atomic E-state index is -0.0791. The van der Waals surface area contributed by atoms with Gasteiger partial charge in [0.05, 0.1) is 30.5 Å². The molecule has 0 saturated carbocycles. The first-order chi connectivity index (χ1) is 16.0. The summed E-state index contributed by atoms with van der Waals surface area (Å²) in [5, 5.41) is 5.10. The molecule has 2 saturated heterocycles. The van der Waals surface area contributed by atoms with Crippen molar-refractivity contribution >= 4 is 39.1 Å². The van der Waals surface area contributed by atoms with Gasteiger partial charge in [-0.05, 0) is 49.9 Å². The molecule has 0 spiro atoms. The molecule has 8 heteroatoms. The number of hydrogen-bond acceptors (Lipinski definition) is 6. The van der Waals surface area contributed by atoms with Crippen molar-refractivity contribution in [1.82, 2.24) is 15.2 Å². The third-order valence-corrected chi connectivity index (χ3v) is 8.12. The fraction of sp³-hybridized carbons (Fsp3) is 0.440. The molecule has 2 aromatic carbocycles. The summed E-state index contributed by atoms with van der Waals surface area (Å²) in [6, 6.07) is 12.3. The SMILES string of the molecule is COc1cc(OC)cc(C(=O)NC2CC3CCCC(C2)N3Cc2nc3c(Cl)cccc3s2)c1. The molecule has 2 unspecified atom stereocenters. The van der Waals surface area contributed by atoms with Crippen molar-refractivity contribution in [3.8, 4) is 11.5 Å². The monoisotopic (exact) mass is 485 g/mol. The second-order valence-electron chi connectivity index (χ2n) is 8.85. The molecule has 1 amide bonds. The highest BCUT2D eigenvalue weighted by Gasteiger charge is 2.39. The molecule has 33 heavy (non-hydrogen) atoms. The highest BCUT2D eigenvalue weighted by atomic mass is 35.5. The topological polar surface area (TPSA) is 63.7 Å². The van der Waals surface area contributed by atoms with Gasteiger partial charge in [-0.2, -0.15) is 0 Å². The number of amides is 1. The maximum atomic E-state index is 13.0. The van der Waals surface area contributed by atoms with Crippen LogP contribution >= 0.6 is 22.9 Å². The van der Waals surface area contributed by atoms with Gasteiger partial charge in [-0.25, -0.2) is 4.98 Å². The van der Waals surface area contributed by atoms with E-state index in [2.05, 4.69) is 16.3 Å². The number of para-hydroxylation sites is 1. The highest BCUT2D eigenvalue weighted by molar-refractivity contribution is 7.18. The zero-order valence-electron chi connectivity index (χ0n) is 18.8. The van der Waals surface area contributed by atoms with Crippen LogP contribution in [0.1, 0.15) is 47.5 Å². The van der Waals surface area contributed by atoms with Gasteiger partial charge in [0.1, 0.15) is 22.0 Å². The van der Waals surface area contributed by atoms with Crippen LogP contribution in [0.15, 0.2) is 36.4 Å². The largest absolute Gasteiger partial charge is 0.497 e. The summed E-state index contributed by atoms with van der Waals surface area (Å²) in [6.07, 6.45) is 5.46. The zero-order valence-corrected chi connectivity index (χ0v) is 20.4. The molecule has 2 bridgehead atoms. The van der Waals surface area contributed by atoms with Crippen molar-refractivity contribution in [2.45, 2.75) is 56.8 Å². The van der Waals surface area contributed by atoms with Gasteiger partial charge in [-0.1, -0.05) is 24.1 Å². The summed E-state index contributed by atoms with van der Waals surface area (Å²) in [7, 11) is 3.18. The van der Waals surface area contributed by atoms with Crippen LogP contribution in [0.3, 0.4) is 0 Å². The summed E-state index contributed by atoms with van der Waals surface area (Å²) >= 11 is 8.07. The Kier molecular flexibility index (Phi) is 6.45. The first-order valence-corrected chi connectivity index (χ1v) is 12.6. The van der Waals surface area contributed by atoms with E-state index in [-0.39, 0.29) is 11.9 Å². The molecule has 1 N–H and O–H groups in total. The molecule has 2 aliphatic heterocycles. The molecule has 0 radical (unpaired) electrons. The lowest BCUT2D eigenvalue weighted by atomic mass is 9.81. The highest BCUT2D eigenvalue weighted by Crippen LogP contribution is 2.37. The van der Waals surface area contributed by atoms with Crippen LogP contribution < -0.4 is 14.8 Å².